The number of hydrogen-bond donors (Lipinski definition) is 1. The van der Waals surface area contributed by atoms with Crippen molar-refractivity contribution in [1.82, 2.24) is 4.90 Å². The van der Waals surface area contributed by atoms with E-state index in [1.807, 2.05) is 0 Å². The van der Waals surface area contributed by atoms with E-state index in [1.165, 1.54) is 11.1 Å². The summed E-state index contributed by atoms with van der Waals surface area (Å²) >= 11 is 0. The van der Waals surface area contributed by atoms with Crippen LogP contribution in [0.25, 0.3) is 0 Å². The molecule has 0 radical (unpaired) electrons. The average molecular weight is 276 g/mol. The summed E-state index contributed by atoms with van der Waals surface area (Å²) in [4.78, 5) is 13.3. The van der Waals surface area contributed by atoms with E-state index < -0.39 is 0 Å². The molecule has 110 valence electrons. The zero-order valence-electron chi connectivity index (χ0n) is 12.2. The summed E-state index contributed by atoms with van der Waals surface area (Å²) in [5, 5.41) is 0. The third-order valence-electron chi connectivity index (χ3n) is 3.70. The topological polar surface area (TPSA) is 55.6 Å². The van der Waals surface area contributed by atoms with Crippen LogP contribution in [-0.4, -0.2) is 43.2 Å². The highest BCUT2D eigenvalue weighted by atomic mass is 16.5. The first kappa shape index (κ1) is 15.0. The lowest BCUT2D eigenvalue weighted by Crippen LogP contribution is -2.39. The van der Waals surface area contributed by atoms with Crippen molar-refractivity contribution < 1.29 is 9.53 Å². The molecule has 0 spiro atoms. The molecule has 1 amide bonds. The van der Waals surface area contributed by atoms with E-state index in [9.17, 15) is 4.79 Å². The number of amides is 1. The van der Waals surface area contributed by atoms with Crippen molar-refractivity contribution in [2.24, 2.45) is 5.73 Å². The lowest BCUT2D eigenvalue weighted by atomic mass is 10.1. The number of rotatable bonds is 7. The van der Waals surface area contributed by atoms with E-state index >= 15 is 0 Å². The molecule has 0 unspecified atom stereocenters. The molecule has 4 nitrogen and oxygen atoms in total. The molecule has 1 aromatic rings. The first-order chi connectivity index (χ1) is 9.63. The van der Waals surface area contributed by atoms with Crippen LogP contribution in [0.4, 0.5) is 0 Å². The Morgan fingerprint density at radius 1 is 1.40 bits per heavy atom. The van der Waals surface area contributed by atoms with Crippen LogP contribution in [0.5, 0.6) is 0 Å². The van der Waals surface area contributed by atoms with E-state index in [0.717, 1.165) is 39.0 Å². The van der Waals surface area contributed by atoms with Crippen molar-refractivity contribution in [2.45, 2.75) is 32.3 Å². The average Bonchev–Trinajstić information content (AvgIpc) is 2.90. The number of primary amides is 1. The Morgan fingerprint density at radius 3 is 2.75 bits per heavy atom. The summed E-state index contributed by atoms with van der Waals surface area (Å²) in [6.07, 6.45) is 3.39. The maximum Gasteiger partial charge on any atom is 0.231 e. The zero-order chi connectivity index (χ0) is 14.4. The first-order valence-corrected chi connectivity index (χ1v) is 7.31. The van der Waals surface area contributed by atoms with Crippen molar-refractivity contribution in [3.05, 3.63) is 35.4 Å². The van der Waals surface area contributed by atoms with Gasteiger partial charge >= 0.3 is 0 Å². The third kappa shape index (κ3) is 4.94. The van der Waals surface area contributed by atoms with Crippen LogP contribution in [0.2, 0.25) is 0 Å². The molecule has 0 saturated carbocycles. The highest BCUT2D eigenvalue weighted by Gasteiger charge is 2.20. The van der Waals surface area contributed by atoms with Crippen LogP contribution in [-0.2, 0) is 16.0 Å². The molecule has 1 fully saturated rings. The van der Waals surface area contributed by atoms with E-state index in [2.05, 4.69) is 36.1 Å². The molecule has 1 aliphatic heterocycles. The number of nitrogens with two attached hydrogens (primary N) is 1. The van der Waals surface area contributed by atoms with Gasteiger partial charge in [0.1, 0.15) is 0 Å². The second-order valence-corrected chi connectivity index (χ2v) is 5.57. The third-order valence-corrected chi connectivity index (χ3v) is 3.70. The molecule has 2 N–H and O–H groups in total. The monoisotopic (exact) mass is 276 g/mol. The Labute approximate surface area is 120 Å². The fourth-order valence-electron chi connectivity index (χ4n) is 2.57. The number of nitrogens with zero attached hydrogens (tertiary/aromatic N) is 1. The molecule has 0 bridgehead atoms. The van der Waals surface area contributed by atoms with E-state index in [4.69, 9.17) is 10.5 Å². The van der Waals surface area contributed by atoms with E-state index in [-0.39, 0.29) is 12.0 Å². The fraction of sp³-hybridized carbons (Fsp3) is 0.562. The molecule has 0 aromatic heterocycles. The molecule has 2 rings (SSSR count). The van der Waals surface area contributed by atoms with E-state index in [0.29, 0.717) is 6.54 Å². The van der Waals surface area contributed by atoms with Gasteiger partial charge in [0, 0.05) is 19.7 Å². The Balaban J connectivity index is 1.85. The lowest BCUT2D eigenvalue weighted by Gasteiger charge is -2.23. The molecule has 1 aliphatic rings. The van der Waals surface area contributed by atoms with Crippen molar-refractivity contribution in [3.63, 3.8) is 0 Å². The molecule has 1 aromatic carbocycles. The van der Waals surface area contributed by atoms with Crippen molar-refractivity contribution in [3.8, 4) is 0 Å². The van der Waals surface area contributed by atoms with Crippen LogP contribution in [0.1, 0.15) is 24.0 Å². The maximum atomic E-state index is 11.2. The Morgan fingerprint density at radius 2 is 2.15 bits per heavy atom. The predicted molar refractivity (Wildman–Crippen MR) is 79.5 cm³/mol. The summed E-state index contributed by atoms with van der Waals surface area (Å²) in [6, 6.07) is 8.52. The SMILES string of the molecule is Cc1ccc(CCN(CC(N)=O)C[C@@H]2CCCO2)cc1. The highest BCUT2D eigenvalue weighted by Crippen LogP contribution is 2.14. The van der Waals surface area contributed by atoms with Gasteiger partial charge in [0.2, 0.25) is 5.91 Å². The normalized spacial score (nSPS) is 18.6. The van der Waals surface area contributed by atoms with Gasteiger partial charge in [-0.1, -0.05) is 29.8 Å². The van der Waals surface area contributed by atoms with Crippen molar-refractivity contribution in [1.29, 1.82) is 0 Å². The molecule has 1 atom stereocenters. The number of carbonyl (C=O) groups is 1. The quantitative estimate of drug-likeness (QED) is 0.821. The summed E-state index contributed by atoms with van der Waals surface area (Å²) in [7, 11) is 0. The van der Waals surface area contributed by atoms with Crippen LogP contribution < -0.4 is 5.73 Å². The minimum Gasteiger partial charge on any atom is -0.377 e. The molecule has 0 aliphatic carbocycles. The van der Waals surface area contributed by atoms with Gasteiger partial charge in [0.05, 0.1) is 12.6 Å². The number of benzene rings is 1. The second kappa shape index (κ2) is 7.41. The Kier molecular flexibility index (Phi) is 5.56. The van der Waals surface area contributed by atoms with Gasteiger partial charge in [-0.25, -0.2) is 0 Å². The number of aryl methyl sites for hydroxylation is 1. The van der Waals surface area contributed by atoms with Gasteiger partial charge in [-0.2, -0.15) is 0 Å². The maximum absolute atomic E-state index is 11.2. The molecular formula is C16H24N2O2. The van der Waals surface area contributed by atoms with Crippen LogP contribution in [0.3, 0.4) is 0 Å². The number of carbonyl (C=O) groups excluding carboxylic acids is 1. The minimum atomic E-state index is -0.271. The summed E-state index contributed by atoms with van der Waals surface area (Å²) in [5.74, 6) is -0.271. The largest absolute Gasteiger partial charge is 0.377 e. The molecule has 4 heteroatoms. The lowest BCUT2D eigenvalue weighted by molar-refractivity contribution is -0.119. The van der Waals surface area contributed by atoms with E-state index in [1.54, 1.807) is 0 Å². The van der Waals surface area contributed by atoms with Crippen LogP contribution in [0, 0.1) is 6.92 Å². The summed E-state index contributed by atoms with van der Waals surface area (Å²) < 4.78 is 5.64. The first-order valence-electron chi connectivity index (χ1n) is 7.31. The molecule has 1 heterocycles. The number of ether oxygens (including phenoxy) is 1. The van der Waals surface area contributed by atoms with Gasteiger partial charge in [-0.15, -0.1) is 0 Å². The summed E-state index contributed by atoms with van der Waals surface area (Å²) in [6.45, 7) is 4.88. The highest BCUT2D eigenvalue weighted by molar-refractivity contribution is 5.75. The standard InChI is InChI=1S/C16H24N2O2/c1-13-4-6-14(7-5-13)8-9-18(12-16(17)19)11-15-3-2-10-20-15/h4-7,15H,2-3,8-12H2,1H3,(H2,17,19)/t15-/m0/s1. The van der Waals surface area contributed by atoms with Crippen molar-refractivity contribution >= 4 is 5.91 Å². The van der Waals surface area contributed by atoms with Crippen LogP contribution in [0.15, 0.2) is 24.3 Å². The van der Waals surface area contributed by atoms with Gasteiger partial charge in [-0.05, 0) is 31.7 Å². The van der Waals surface area contributed by atoms with Gasteiger partial charge in [0.15, 0.2) is 0 Å². The zero-order valence-corrected chi connectivity index (χ0v) is 12.2. The van der Waals surface area contributed by atoms with Crippen molar-refractivity contribution in [2.75, 3.05) is 26.2 Å². The minimum absolute atomic E-state index is 0.257. The number of hydrogen-bond acceptors (Lipinski definition) is 3. The fourth-order valence-corrected chi connectivity index (χ4v) is 2.57. The van der Waals surface area contributed by atoms with Gasteiger partial charge < -0.3 is 10.5 Å². The Bertz CT molecular complexity index is 425. The Hall–Kier alpha value is -1.39. The van der Waals surface area contributed by atoms with Crippen LogP contribution >= 0.6 is 0 Å². The van der Waals surface area contributed by atoms with Gasteiger partial charge in [0.25, 0.3) is 0 Å². The molecule has 1 saturated heterocycles. The van der Waals surface area contributed by atoms with Gasteiger partial charge in [-0.3, -0.25) is 9.69 Å². The summed E-state index contributed by atoms with van der Waals surface area (Å²) in [5.41, 5.74) is 7.89. The molecule has 20 heavy (non-hydrogen) atoms. The smallest absolute Gasteiger partial charge is 0.231 e. The predicted octanol–water partition coefficient (Wildman–Crippen LogP) is 1.50. The molecular weight excluding hydrogens is 252 g/mol. The second-order valence-electron chi connectivity index (χ2n) is 5.57.